The molecule has 0 unspecified atom stereocenters. The maximum absolute atomic E-state index is 10.6. The second kappa shape index (κ2) is 5.78. The van der Waals surface area contributed by atoms with Gasteiger partial charge in [0.2, 0.25) is 5.95 Å². The fourth-order valence-electron chi connectivity index (χ4n) is 0.428. The summed E-state index contributed by atoms with van der Waals surface area (Å²) in [5.74, 6) is -2.10. The highest BCUT2D eigenvalue weighted by Crippen LogP contribution is 2.13. The van der Waals surface area contributed by atoms with Gasteiger partial charge in [-0.15, -0.1) is 0 Å². The first-order valence-electron chi connectivity index (χ1n) is 3.62. The van der Waals surface area contributed by atoms with E-state index in [0.717, 1.165) is 0 Å². The lowest BCUT2D eigenvalue weighted by atomic mass is 10.7. The smallest absolute Gasteiger partial charge is 0.475 e. The average molecular weight is 223 g/mol. The predicted octanol–water partition coefficient (Wildman–Crippen LogP) is 1.15. The van der Waals surface area contributed by atoms with Gasteiger partial charge in [-0.25, -0.2) is 14.8 Å². The highest BCUT2D eigenvalue weighted by molar-refractivity contribution is 5.73. The van der Waals surface area contributed by atoms with Gasteiger partial charge < -0.3 is 10.4 Å². The number of nitrogens with zero attached hydrogens (tertiary/aromatic N) is 2. The molecule has 0 aromatic carbocycles. The van der Waals surface area contributed by atoms with Crippen molar-refractivity contribution in [3.63, 3.8) is 0 Å². The first-order chi connectivity index (χ1) is 6.88. The standard InChI is InChI=1S/C5H7N3.C2HF3O2/c1-6-5-7-3-2-4-8-5;3-2(4,5)1(6)7/h2-4H,1H3,(H,6,7,8);(H,6,7). The number of aliphatic carboxylic acids is 1. The normalized spacial score (nSPS) is 9.87. The first kappa shape index (κ1) is 13.1. The van der Waals surface area contributed by atoms with Crippen LogP contribution in [0.15, 0.2) is 18.5 Å². The Morgan fingerprint density at radius 3 is 2.00 bits per heavy atom. The molecule has 1 heterocycles. The van der Waals surface area contributed by atoms with E-state index in [-0.39, 0.29) is 0 Å². The van der Waals surface area contributed by atoms with Crippen LogP contribution in [0.4, 0.5) is 19.1 Å². The van der Waals surface area contributed by atoms with Gasteiger partial charge in [0.1, 0.15) is 0 Å². The second-order valence-electron chi connectivity index (χ2n) is 2.13. The SMILES string of the molecule is CNc1ncccn1.O=C(O)C(F)(F)F. The molecule has 8 heteroatoms. The molecule has 1 aromatic heterocycles. The summed E-state index contributed by atoms with van der Waals surface area (Å²) in [6, 6.07) is 1.78. The molecule has 0 bridgehead atoms. The van der Waals surface area contributed by atoms with Gasteiger partial charge in [0.05, 0.1) is 0 Å². The van der Waals surface area contributed by atoms with E-state index in [1.54, 1.807) is 25.5 Å². The number of hydrogen-bond acceptors (Lipinski definition) is 4. The predicted molar refractivity (Wildman–Crippen MR) is 45.3 cm³/mol. The monoisotopic (exact) mass is 223 g/mol. The minimum atomic E-state index is -5.08. The summed E-state index contributed by atoms with van der Waals surface area (Å²) in [7, 11) is 1.79. The summed E-state index contributed by atoms with van der Waals surface area (Å²) in [4.78, 5) is 16.6. The van der Waals surface area contributed by atoms with Crippen LogP contribution in [0.2, 0.25) is 0 Å². The molecule has 15 heavy (non-hydrogen) atoms. The molecule has 0 saturated heterocycles. The second-order valence-corrected chi connectivity index (χ2v) is 2.13. The van der Waals surface area contributed by atoms with Crippen molar-refractivity contribution in [2.24, 2.45) is 0 Å². The van der Waals surface area contributed by atoms with Crippen molar-refractivity contribution in [2.45, 2.75) is 6.18 Å². The van der Waals surface area contributed by atoms with Gasteiger partial charge in [-0.2, -0.15) is 13.2 Å². The Hall–Kier alpha value is -1.86. The Kier molecular flexibility index (Phi) is 5.07. The third kappa shape index (κ3) is 6.24. The third-order valence-electron chi connectivity index (χ3n) is 1.03. The van der Waals surface area contributed by atoms with E-state index in [1.807, 2.05) is 0 Å². The van der Waals surface area contributed by atoms with Crippen LogP contribution in [0.5, 0.6) is 0 Å². The molecule has 0 radical (unpaired) electrons. The van der Waals surface area contributed by atoms with Crippen LogP contribution in [0.1, 0.15) is 0 Å². The lowest BCUT2D eigenvalue weighted by molar-refractivity contribution is -0.192. The maximum atomic E-state index is 10.6. The number of anilines is 1. The average Bonchev–Trinajstić information content (AvgIpc) is 2.18. The molecular weight excluding hydrogens is 215 g/mol. The third-order valence-corrected chi connectivity index (χ3v) is 1.03. The van der Waals surface area contributed by atoms with Crippen LogP contribution in [-0.2, 0) is 4.79 Å². The summed E-state index contributed by atoms with van der Waals surface area (Å²) >= 11 is 0. The van der Waals surface area contributed by atoms with Crippen LogP contribution < -0.4 is 5.32 Å². The lowest BCUT2D eigenvalue weighted by Gasteiger charge is -1.93. The van der Waals surface area contributed by atoms with E-state index in [2.05, 4.69) is 15.3 Å². The molecule has 0 aliphatic heterocycles. The topological polar surface area (TPSA) is 75.1 Å². The van der Waals surface area contributed by atoms with Crippen molar-refractivity contribution in [3.05, 3.63) is 18.5 Å². The molecule has 5 nitrogen and oxygen atoms in total. The molecule has 1 aromatic rings. The molecule has 2 N–H and O–H groups in total. The van der Waals surface area contributed by atoms with E-state index in [0.29, 0.717) is 5.95 Å². The molecule has 0 saturated carbocycles. The van der Waals surface area contributed by atoms with Crippen LogP contribution in [-0.4, -0.2) is 34.3 Å². The summed E-state index contributed by atoms with van der Waals surface area (Å²) in [5, 5.41) is 9.93. The first-order valence-corrected chi connectivity index (χ1v) is 3.62. The van der Waals surface area contributed by atoms with E-state index in [4.69, 9.17) is 9.90 Å². The summed E-state index contributed by atoms with van der Waals surface area (Å²) in [6.45, 7) is 0. The molecule has 0 aliphatic rings. The van der Waals surface area contributed by atoms with Crippen LogP contribution in [0.25, 0.3) is 0 Å². The molecule has 0 spiro atoms. The Morgan fingerprint density at radius 2 is 1.80 bits per heavy atom. The number of hydrogen-bond donors (Lipinski definition) is 2. The van der Waals surface area contributed by atoms with Crippen LogP contribution in [0.3, 0.4) is 0 Å². The molecule has 0 amide bonds. The van der Waals surface area contributed by atoms with Gasteiger partial charge in [-0.05, 0) is 6.07 Å². The van der Waals surface area contributed by atoms with E-state index >= 15 is 0 Å². The van der Waals surface area contributed by atoms with Crippen molar-refractivity contribution in [3.8, 4) is 0 Å². The van der Waals surface area contributed by atoms with E-state index in [1.165, 1.54) is 0 Å². The molecule has 0 atom stereocenters. The number of alkyl halides is 3. The van der Waals surface area contributed by atoms with E-state index in [9.17, 15) is 13.2 Å². The zero-order valence-corrected chi connectivity index (χ0v) is 7.62. The quantitative estimate of drug-likeness (QED) is 0.746. The minimum absolute atomic E-state index is 0.660. The van der Waals surface area contributed by atoms with E-state index < -0.39 is 12.1 Å². The van der Waals surface area contributed by atoms with Gasteiger partial charge in [0.15, 0.2) is 0 Å². The largest absolute Gasteiger partial charge is 0.490 e. The number of carboxylic acid groups (broad SMARTS) is 1. The van der Waals surface area contributed by atoms with Crippen molar-refractivity contribution < 1.29 is 23.1 Å². The maximum Gasteiger partial charge on any atom is 0.490 e. The number of carbonyl (C=O) groups is 1. The molecule has 84 valence electrons. The zero-order chi connectivity index (χ0) is 11.9. The van der Waals surface area contributed by atoms with Crippen molar-refractivity contribution in [2.75, 3.05) is 12.4 Å². The van der Waals surface area contributed by atoms with Crippen molar-refractivity contribution >= 4 is 11.9 Å². The van der Waals surface area contributed by atoms with Crippen molar-refractivity contribution in [1.29, 1.82) is 0 Å². The van der Waals surface area contributed by atoms with Gasteiger partial charge in [0, 0.05) is 19.4 Å². The highest BCUT2D eigenvalue weighted by Gasteiger charge is 2.38. The Balaban J connectivity index is 0.000000265. The number of nitrogens with one attached hydrogen (secondary N) is 1. The minimum Gasteiger partial charge on any atom is -0.475 e. The number of aromatic nitrogens is 2. The fraction of sp³-hybridized carbons (Fsp3) is 0.286. The van der Waals surface area contributed by atoms with Crippen molar-refractivity contribution in [1.82, 2.24) is 9.97 Å². The number of carboxylic acids is 1. The zero-order valence-electron chi connectivity index (χ0n) is 7.62. The Bertz CT molecular complexity index is 302. The van der Waals surface area contributed by atoms with Gasteiger partial charge in [0.25, 0.3) is 0 Å². The molecular formula is C7H8F3N3O2. The summed E-state index contributed by atoms with van der Waals surface area (Å²) in [5.41, 5.74) is 0. The van der Waals surface area contributed by atoms with Crippen LogP contribution >= 0.6 is 0 Å². The molecule has 0 aliphatic carbocycles. The summed E-state index contributed by atoms with van der Waals surface area (Å²) in [6.07, 6.45) is -1.70. The van der Waals surface area contributed by atoms with Gasteiger partial charge in [-0.1, -0.05) is 0 Å². The number of halogens is 3. The molecule has 0 fully saturated rings. The number of rotatable bonds is 1. The van der Waals surface area contributed by atoms with Crippen LogP contribution in [0, 0.1) is 0 Å². The lowest BCUT2D eigenvalue weighted by Crippen LogP contribution is -2.21. The highest BCUT2D eigenvalue weighted by atomic mass is 19.4. The fourth-order valence-corrected chi connectivity index (χ4v) is 0.428. The van der Waals surface area contributed by atoms with Gasteiger partial charge in [-0.3, -0.25) is 0 Å². The Labute approximate surface area is 83.0 Å². The Morgan fingerprint density at radius 1 is 1.40 bits per heavy atom. The van der Waals surface area contributed by atoms with Gasteiger partial charge >= 0.3 is 12.1 Å². The molecule has 1 rings (SSSR count). The summed E-state index contributed by atoms with van der Waals surface area (Å²) < 4.78 is 31.7.